The summed E-state index contributed by atoms with van der Waals surface area (Å²) in [5, 5.41) is 8.12. The van der Waals surface area contributed by atoms with Gasteiger partial charge in [-0.1, -0.05) is 11.3 Å². The molecule has 0 N–H and O–H groups in total. The minimum absolute atomic E-state index is 0.0392. The Balaban J connectivity index is 2.03. The summed E-state index contributed by atoms with van der Waals surface area (Å²) in [6.07, 6.45) is 0. The van der Waals surface area contributed by atoms with Crippen molar-refractivity contribution in [2.45, 2.75) is 13.5 Å². The van der Waals surface area contributed by atoms with Gasteiger partial charge in [-0.15, -0.1) is 10.2 Å². The van der Waals surface area contributed by atoms with E-state index >= 15 is 0 Å². The predicted molar refractivity (Wildman–Crippen MR) is 62.6 cm³/mol. The quantitative estimate of drug-likeness (QED) is 0.799. The maximum Gasteiger partial charge on any atom is 0.243 e. The Morgan fingerprint density at radius 3 is 2.47 bits per heavy atom. The van der Waals surface area contributed by atoms with Gasteiger partial charge in [-0.3, -0.25) is 9.59 Å². The number of carbonyl (C=O) groups excluding carboxylic acids is 2. The first-order chi connectivity index (χ1) is 8.10. The number of hydrogen-bond donors (Lipinski definition) is 0. The molecule has 0 saturated carbocycles. The van der Waals surface area contributed by atoms with Gasteiger partial charge in [-0.2, -0.15) is 0 Å². The minimum Gasteiger partial charge on any atom is -0.332 e. The standard InChI is InChI=1S/C9H11ClN4O2S/c1-2-13-4-8(16)14(5-7(13)15)3-6-11-12-9(10)17-6/h2-5H2,1H3. The Hall–Kier alpha value is -1.21. The lowest BCUT2D eigenvalue weighted by Gasteiger charge is -2.32. The van der Waals surface area contributed by atoms with Crippen molar-refractivity contribution in [3.05, 3.63) is 9.47 Å². The van der Waals surface area contributed by atoms with Crippen LogP contribution in [0.3, 0.4) is 0 Å². The number of hydrogen-bond acceptors (Lipinski definition) is 5. The molecule has 0 spiro atoms. The Bertz CT molecular complexity index is 450. The van der Waals surface area contributed by atoms with Gasteiger partial charge in [0.1, 0.15) is 11.6 Å². The second-order valence-corrected chi connectivity index (χ2v) is 5.25. The van der Waals surface area contributed by atoms with E-state index in [0.29, 0.717) is 22.6 Å². The van der Waals surface area contributed by atoms with Crippen LogP contribution < -0.4 is 0 Å². The van der Waals surface area contributed by atoms with E-state index in [1.807, 2.05) is 6.92 Å². The zero-order chi connectivity index (χ0) is 12.4. The van der Waals surface area contributed by atoms with Crippen molar-refractivity contribution in [3.8, 4) is 0 Å². The molecule has 1 saturated heterocycles. The number of aromatic nitrogens is 2. The van der Waals surface area contributed by atoms with Crippen molar-refractivity contribution < 1.29 is 9.59 Å². The first-order valence-electron chi connectivity index (χ1n) is 5.13. The van der Waals surface area contributed by atoms with Gasteiger partial charge in [0.15, 0.2) is 0 Å². The monoisotopic (exact) mass is 274 g/mol. The van der Waals surface area contributed by atoms with Crippen molar-refractivity contribution >= 4 is 34.8 Å². The highest BCUT2D eigenvalue weighted by Gasteiger charge is 2.29. The van der Waals surface area contributed by atoms with Gasteiger partial charge >= 0.3 is 0 Å². The lowest BCUT2D eigenvalue weighted by atomic mass is 10.3. The van der Waals surface area contributed by atoms with Gasteiger partial charge < -0.3 is 9.80 Å². The Kier molecular flexibility index (Phi) is 3.58. The third-order valence-electron chi connectivity index (χ3n) is 2.51. The fourth-order valence-corrected chi connectivity index (χ4v) is 2.48. The van der Waals surface area contributed by atoms with Crippen LogP contribution in [-0.2, 0) is 16.1 Å². The smallest absolute Gasteiger partial charge is 0.243 e. The molecular weight excluding hydrogens is 264 g/mol. The molecule has 0 unspecified atom stereocenters. The maximum atomic E-state index is 11.8. The lowest BCUT2D eigenvalue weighted by molar-refractivity contribution is -0.150. The van der Waals surface area contributed by atoms with Crippen LogP contribution in [0.25, 0.3) is 0 Å². The highest BCUT2D eigenvalue weighted by Crippen LogP contribution is 2.17. The number of amides is 2. The minimum atomic E-state index is -0.0715. The molecule has 2 rings (SSSR count). The molecule has 0 atom stereocenters. The van der Waals surface area contributed by atoms with E-state index in [2.05, 4.69) is 10.2 Å². The predicted octanol–water partition coefficient (Wildman–Crippen LogP) is 0.382. The van der Waals surface area contributed by atoms with E-state index in [9.17, 15) is 9.59 Å². The number of rotatable bonds is 3. The fourth-order valence-electron chi connectivity index (χ4n) is 1.60. The first-order valence-corrected chi connectivity index (χ1v) is 6.33. The number of piperazine rings is 1. The summed E-state index contributed by atoms with van der Waals surface area (Å²) in [6.45, 7) is 2.95. The highest BCUT2D eigenvalue weighted by molar-refractivity contribution is 7.15. The molecule has 1 fully saturated rings. The summed E-state index contributed by atoms with van der Waals surface area (Å²) >= 11 is 6.87. The summed E-state index contributed by atoms with van der Waals surface area (Å²) in [5.74, 6) is -0.111. The van der Waals surface area contributed by atoms with Crippen LogP contribution in [0.1, 0.15) is 11.9 Å². The first kappa shape index (κ1) is 12.3. The van der Waals surface area contributed by atoms with Crippen molar-refractivity contribution in [1.82, 2.24) is 20.0 Å². The molecule has 2 amide bonds. The van der Waals surface area contributed by atoms with Gasteiger partial charge in [-0.25, -0.2) is 0 Å². The summed E-state index contributed by atoms with van der Waals surface area (Å²) in [6, 6.07) is 0. The lowest BCUT2D eigenvalue weighted by Crippen LogP contribution is -2.53. The van der Waals surface area contributed by atoms with E-state index in [4.69, 9.17) is 11.6 Å². The van der Waals surface area contributed by atoms with Crippen LogP contribution in [0.5, 0.6) is 0 Å². The molecule has 0 aromatic carbocycles. The molecule has 1 aromatic heterocycles. The third-order valence-corrected chi connectivity index (χ3v) is 3.51. The fraction of sp³-hybridized carbons (Fsp3) is 0.556. The summed E-state index contributed by atoms with van der Waals surface area (Å²) in [4.78, 5) is 26.4. The molecular formula is C9H11ClN4O2S. The number of carbonyl (C=O) groups is 2. The molecule has 1 aliphatic rings. The molecule has 8 heteroatoms. The Morgan fingerprint density at radius 1 is 1.24 bits per heavy atom. The van der Waals surface area contributed by atoms with Crippen LogP contribution in [0.15, 0.2) is 0 Å². The van der Waals surface area contributed by atoms with Crippen molar-refractivity contribution in [2.24, 2.45) is 0 Å². The normalized spacial score (nSPS) is 16.8. The van der Waals surface area contributed by atoms with Crippen molar-refractivity contribution in [2.75, 3.05) is 19.6 Å². The van der Waals surface area contributed by atoms with Crippen molar-refractivity contribution in [1.29, 1.82) is 0 Å². The zero-order valence-electron chi connectivity index (χ0n) is 9.22. The summed E-state index contributed by atoms with van der Waals surface area (Å²) < 4.78 is 0.339. The van der Waals surface area contributed by atoms with Gasteiger partial charge in [0.25, 0.3) is 0 Å². The van der Waals surface area contributed by atoms with Gasteiger partial charge in [0.05, 0.1) is 13.1 Å². The Morgan fingerprint density at radius 2 is 1.88 bits per heavy atom. The number of halogens is 1. The van der Waals surface area contributed by atoms with Crippen LogP contribution in [0.4, 0.5) is 0 Å². The third kappa shape index (κ3) is 2.73. The second kappa shape index (κ2) is 4.97. The molecule has 1 aliphatic heterocycles. The van der Waals surface area contributed by atoms with E-state index in [1.165, 1.54) is 21.1 Å². The van der Waals surface area contributed by atoms with Crippen molar-refractivity contribution in [3.63, 3.8) is 0 Å². The van der Waals surface area contributed by atoms with Gasteiger partial charge in [0.2, 0.25) is 16.3 Å². The average Bonchev–Trinajstić information content (AvgIpc) is 2.69. The largest absolute Gasteiger partial charge is 0.332 e. The van der Waals surface area contributed by atoms with E-state index in [0.717, 1.165) is 0 Å². The molecule has 92 valence electrons. The average molecular weight is 275 g/mol. The zero-order valence-corrected chi connectivity index (χ0v) is 10.8. The van der Waals surface area contributed by atoms with Crippen LogP contribution in [-0.4, -0.2) is 51.4 Å². The van der Waals surface area contributed by atoms with E-state index in [-0.39, 0.29) is 24.9 Å². The summed E-state index contributed by atoms with van der Waals surface area (Å²) in [7, 11) is 0. The number of nitrogens with zero attached hydrogens (tertiary/aromatic N) is 4. The van der Waals surface area contributed by atoms with Crippen LogP contribution >= 0.6 is 22.9 Å². The summed E-state index contributed by atoms with van der Waals surface area (Å²) in [5.41, 5.74) is 0. The van der Waals surface area contributed by atoms with Gasteiger partial charge in [0, 0.05) is 6.54 Å². The molecule has 0 aliphatic carbocycles. The Labute approximate surface area is 107 Å². The maximum absolute atomic E-state index is 11.8. The number of likely N-dealkylation sites (N-methyl/N-ethyl adjacent to an activating group) is 1. The second-order valence-electron chi connectivity index (χ2n) is 3.61. The SMILES string of the molecule is CCN1CC(=O)N(Cc2nnc(Cl)s2)CC1=O. The molecule has 6 nitrogen and oxygen atoms in total. The van der Waals surface area contributed by atoms with E-state index < -0.39 is 0 Å². The molecule has 2 heterocycles. The van der Waals surface area contributed by atoms with E-state index in [1.54, 1.807) is 0 Å². The van der Waals surface area contributed by atoms with Crippen LogP contribution in [0, 0.1) is 0 Å². The molecule has 1 aromatic rings. The molecule has 17 heavy (non-hydrogen) atoms. The van der Waals surface area contributed by atoms with Gasteiger partial charge in [-0.05, 0) is 18.5 Å². The van der Waals surface area contributed by atoms with Crippen LogP contribution in [0.2, 0.25) is 4.47 Å². The highest BCUT2D eigenvalue weighted by atomic mass is 35.5. The topological polar surface area (TPSA) is 66.4 Å². The molecule has 0 radical (unpaired) electrons. The molecule has 0 bridgehead atoms.